The molecular weight excluding hydrogens is 427 g/mol. The van der Waals surface area contributed by atoms with Crippen LogP contribution in [0.15, 0.2) is 47.1 Å². The van der Waals surface area contributed by atoms with Crippen LogP contribution in [-0.2, 0) is 16.1 Å². The molecule has 2 N–H and O–H groups in total. The number of nitrogens with zero attached hydrogens (tertiary/aromatic N) is 2. The number of nitrogens with one attached hydrogen (secondary N) is 2. The van der Waals surface area contributed by atoms with E-state index in [2.05, 4.69) is 31.5 Å². The van der Waals surface area contributed by atoms with Crippen LogP contribution < -0.4 is 10.6 Å². The molecule has 1 atom stereocenters. The Morgan fingerprint density at radius 1 is 1.21 bits per heavy atom. The highest BCUT2D eigenvalue weighted by Crippen LogP contribution is 2.19. The predicted molar refractivity (Wildman–Crippen MR) is 108 cm³/mol. The van der Waals surface area contributed by atoms with Gasteiger partial charge in [-0.05, 0) is 65.1 Å². The number of hydrogen-bond acceptors (Lipinski definition) is 4. The number of aromatic nitrogens is 1. The van der Waals surface area contributed by atoms with Crippen molar-refractivity contribution in [2.24, 2.45) is 5.92 Å². The van der Waals surface area contributed by atoms with Crippen molar-refractivity contribution in [2.75, 3.05) is 25.0 Å². The van der Waals surface area contributed by atoms with E-state index in [1.54, 1.807) is 24.4 Å². The average Bonchev–Trinajstić information content (AvgIpc) is 2.69. The molecule has 1 fully saturated rings. The first-order valence-corrected chi connectivity index (χ1v) is 9.95. The summed E-state index contributed by atoms with van der Waals surface area (Å²) in [6.07, 6.45) is 3.28. The highest BCUT2D eigenvalue weighted by atomic mass is 79.9. The molecule has 0 bridgehead atoms. The van der Waals surface area contributed by atoms with E-state index in [0.717, 1.165) is 29.4 Å². The van der Waals surface area contributed by atoms with Crippen LogP contribution in [0.25, 0.3) is 0 Å². The van der Waals surface area contributed by atoms with Gasteiger partial charge < -0.3 is 10.6 Å². The van der Waals surface area contributed by atoms with Gasteiger partial charge in [0.15, 0.2) is 0 Å². The Morgan fingerprint density at radius 2 is 2.00 bits per heavy atom. The lowest BCUT2D eigenvalue weighted by Gasteiger charge is -2.31. The van der Waals surface area contributed by atoms with Gasteiger partial charge in [0.2, 0.25) is 11.8 Å². The lowest BCUT2D eigenvalue weighted by atomic mass is 9.97. The zero-order valence-electron chi connectivity index (χ0n) is 15.3. The first-order valence-electron chi connectivity index (χ1n) is 9.15. The maximum Gasteiger partial charge on any atom is 0.234 e. The third-order valence-electron chi connectivity index (χ3n) is 4.63. The molecule has 0 aliphatic carbocycles. The van der Waals surface area contributed by atoms with Crippen molar-refractivity contribution < 1.29 is 14.0 Å². The Bertz CT molecular complexity index is 814. The number of anilines is 1. The molecule has 2 amide bonds. The number of halogens is 2. The van der Waals surface area contributed by atoms with Crippen molar-refractivity contribution in [1.29, 1.82) is 0 Å². The zero-order valence-corrected chi connectivity index (χ0v) is 16.9. The van der Waals surface area contributed by atoms with Crippen LogP contribution >= 0.6 is 15.9 Å². The summed E-state index contributed by atoms with van der Waals surface area (Å²) in [5, 5.41) is 5.67. The van der Waals surface area contributed by atoms with E-state index in [0.29, 0.717) is 18.9 Å². The summed E-state index contributed by atoms with van der Waals surface area (Å²) in [6.45, 7) is 1.91. The van der Waals surface area contributed by atoms with E-state index in [1.165, 1.54) is 12.1 Å². The van der Waals surface area contributed by atoms with Crippen molar-refractivity contribution >= 4 is 33.6 Å². The van der Waals surface area contributed by atoms with Crippen molar-refractivity contribution in [3.8, 4) is 0 Å². The number of piperidine rings is 1. The summed E-state index contributed by atoms with van der Waals surface area (Å²) in [7, 11) is 0. The summed E-state index contributed by atoms with van der Waals surface area (Å²) in [6, 6.07) is 9.60. The van der Waals surface area contributed by atoms with Gasteiger partial charge in [-0.1, -0.05) is 12.1 Å². The van der Waals surface area contributed by atoms with Gasteiger partial charge in [-0.2, -0.15) is 0 Å². The molecule has 1 aromatic carbocycles. The Morgan fingerprint density at radius 3 is 2.71 bits per heavy atom. The number of pyridine rings is 1. The van der Waals surface area contributed by atoms with Gasteiger partial charge in [-0.15, -0.1) is 0 Å². The van der Waals surface area contributed by atoms with E-state index >= 15 is 0 Å². The molecule has 2 heterocycles. The summed E-state index contributed by atoms with van der Waals surface area (Å²) in [4.78, 5) is 30.9. The second-order valence-corrected chi connectivity index (χ2v) is 7.74. The molecule has 0 radical (unpaired) electrons. The summed E-state index contributed by atoms with van der Waals surface area (Å²) >= 11 is 3.31. The quantitative estimate of drug-likeness (QED) is 0.712. The topological polar surface area (TPSA) is 74.3 Å². The number of likely N-dealkylation sites (tertiary alicyclic amines) is 1. The smallest absolute Gasteiger partial charge is 0.234 e. The highest BCUT2D eigenvalue weighted by Gasteiger charge is 2.27. The van der Waals surface area contributed by atoms with Gasteiger partial charge >= 0.3 is 0 Å². The largest absolute Gasteiger partial charge is 0.351 e. The minimum Gasteiger partial charge on any atom is -0.351 e. The van der Waals surface area contributed by atoms with E-state index in [4.69, 9.17) is 0 Å². The van der Waals surface area contributed by atoms with Crippen LogP contribution in [0.3, 0.4) is 0 Å². The van der Waals surface area contributed by atoms with Gasteiger partial charge in [0.25, 0.3) is 0 Å². The molecule has 28 heavy (non-hydrogen) atoms. The lowest BCUT2D eigenvalue weighted by molar-refractivity contribution is -0.125. The molecule has 148 valence electrons. The number of benzene rings is 1. The standard InChI is InChI=1S/C20H22BrFN4O2/c21-16-5-8-18(23-11-16)25-20(28)15-2-1-9-26(12-15)13-19(27)24-10-14-3-6-17(22)7-4-14/h3-8,11,15H,1-2,9-10,12-13H2,(H,24,27)(H,23,25,28). The van der Waals surface area contributed by atoms with Gasteiger partial charge in [0.05, 0.1) is 12.5 Å². The van der Waals surface area contributed by atoms with Crippen molar-refractivity contribution in [2.45, 2.75) is 19.4 Å². The lowest BCUT2D eigenvalue weighted by Crippen LogP contribution is -2.45. The first kappa shape index (κ1) is 20.4. The Labute approximate surface area is 171 Å². The van der Waals surface area contributed by atoms with Crippen LogP contribution in [0.1, 0.15) is 18.4 Å². The molecule has 0 saturated carbocycles. The molecule has 3 rings (SSSR count). The molecule has 1 aliphatic rings. The zero-order chi connectivity index (χ0) is 19.9. The monoisotopic (exact) mass is 448 g/mol. The van der Waals surface area contributed by atoms with Crippen molar-refractivity contribution in [3.63, 3.8) is 0 Å². The average molecular weight is 449 g/mol. The highest BCUT2D eigenvalue weighted by molar-refractivity contribution is 9.10. The van der Waals surface area contributed by atoms with E-state index in [1.807, 2.05) is 11.0 Å². The van der Waals surface area contributed by atoms with Crippen LogP contribution in [0.4, 0.5) is 10.2 Å². The third kappa shape index (κ3) is 6.10. The summed E-state index contributed by atoms with van der Waals surface area (Å²) in [5.41, 5.74) is 0.840. The normalized spacial score (nSPS) is 17.1. The number of carbonyl (C=O) groups excluding carboxylic acids is 2. The fourth-order valence-corrected chi connectivity index (χ4v) is 3.39. The van der Waals surface area contributed by atoms with Gasteiger partial charge in [0, 0.05) is 23.8 Å². The molecule has 8 heteroatoms. The molecule has 1 saturated heterocycles. The van der Waals surface area contributed by atoms with Gasteiger partial charge in [0.1, 0.15) is 11.6 Å². The van der Waals surface area contributed by atoms with Crippen molar-refractivity contribution in [1.82, 2.24) is 15.2 Å². The van der Waals surface area contributed by atoms with E-state index in [9.17, 15) is 14.0 Å². The molecule has 0 spiro atoms. The SMILES string of the molecule is O=C(CN1CCCC(C(=O)Nc2ccc(Br)cn2)C1)NCc1ccc(F)cc1. The molecule has 1 aromatic heterocycles. The fraction of sp³-hybridized carbons (Fsp3) is 0.350. The fourth-order valence-electron chi connectivity index (χ4n) is 3.15. The minimum absolute atomic E-state index is 0.0776. The second kappa shape index (κ2) is 9.75. The Kier molecular flexibility index (Phi) is 7.11. The number of carbonyl (C=O) groups is 2. The van der Waals surface area contributed by atoms with Crippen LogP contribution in [0, 0.1) is 11.7 Å². The second-order valence-electron chi connectivity index (χ2n) is 6.83. The maximum atomic E-state index is 12.9. The summed E-state index contributed by atoms with van der Waals surface area (Å²) in [5.74, 6) is -0.149. The minimum atomic E-state index is -0.300. The van der Waals surface area contributed by atoms with Crippen LogP contribution in [0.2, 0.25) is 0 Å². The van der Waals surface area contributed by atoms with Gasteiger partial charge in [-0.25, -0.2) is 9.37 Å². The molecule has 1 unspecified atom stereocenters. The Hall–Kier alpha value is -2.32. The van der Waals surface area contributed by atoms with E-state index in [-0.39, 0.29) is 30.1 Å². The molecule has 2 aromatic rings. The first-order chi connectivity index (χ1) is 13.5. The predicted octanol–water partition coefficient (Wildman–Crippen LogP) is 2.95. The van der Waals surface area contributed by atoms with Crippen LogP contribution in [0.5, 0.6) is 0 Å². The summed E-state index contributed by atoms with van der Waals surface area (Å²) < 4.78 is 13.8. The molecule has 6 nitrogen and oxygen atoms in total. The molecule has 1 aliphatic heterocycles. The van der Waals surface area contributed by atoms with E-state index < -0.39 is 0 Å². The number of rotatable bonds is 6. The Balaban J connectivity index is 1.45. The number of hydrogen-bond donors (Lipinski definition) is 2. The van der Waals surface area contributed by atoms with Crippen LogP contribution in [-0.4, -0.2) is 41.3 Å². The third-order valence-corrected chi connectivity index (χ3v) is 5.09. The van der Waals surface area contributed by atoms with Crippen molar-refractivity contribution in [3.05, 3.63) is 58.4 Å². The maximum absolute atomic E-state index is 12.9. The molecular formula is C20H22BrFN4O2. The van der Waals surface area contributed by atoms with Gasteiger partial charge in [-0.3, -0.25) is 14.5 Å². The number of amides is 2.